The van der Waals surface area contributed by atoms with Gasteiger partial charge < -0.3 is 20.1 Å². The van der Waals surface area contributed by atoms with E-state index in [9.17, 15) is 18.4 Å². The first kappa shape index (κ1) is 17.9. The van der Waals surface area contributed by atoms with Crippen molar-refractivity contribution in [1.82, 2.24) is 9.47 Å². The van der Waals surface area contributed by atoms with Gasteiger partial charge in [-0.05, 0) is 31.0 Å². The summed E-state index contributed by atoms with van der Waals surface area (Å²) < 4.78 is 27.9. The first-order chi connectivity index (χ1) is 12.4. The molecule has 26 heavy (non-hydrogen) atoms. The number of aromatic nitrogens is 1. The fourth-order valence-corrected chi connectivity index (χ4v) is 2.97. The molecule has 0 bridgehead atoms. The summed E-state index contributed by atoms with van der Waals surface area (Å²) in [4.78, 5) is 25.4. The summed E-state index contributed by atoms with van der Waals surface area (Å²) >= 11 is 0. The number of carbonyl (C=O) groups excluding carboxylic acids is 1. The van der Waals surface area contributed by atoms with Gasteiger partial charge in [0.15, 0.2) is 0 Å². The summed E-state index contributed by atoms with van der Waals surface area (Å²) in [7, 11) is 1.62. The number of likely N-dealkylation sites (tertiary alicyclic amines) is 1. The van der Waals surface area contributed by atoms with Crippen LogP contribution in [0, 0.1) is 11.6 Å². The second-order valence-electron chi connectivity index (χ2n) is 6.36. The maximum Gasteiger partial charge on any atom is 0.321 e. The molecule has 1 aliphatic rings. The summed E-state index contributed by atoms with van der Waals surface area (Å²) in [6, 6.07) is 6.09. The molecule has 2 amide bonds. The van der Waals surface area contributed by atoms with Crippen LogP contribution >= 0.6 is 0 Å². The molecule has 138 valence electrons. The van der Waals surface area contributed by atoms with E-state index in [1.54, 1.807) is 24.2 Å². The van der Waals surface area contributed by atoms with Crippen LogP contribution in [0.1, 0.15) is 12.8 Å². The number of nitrogens with zero attached hydrogens (tertiary/aromatic N) is 2. The molecular weight excluding hydrogens is 342 g/mol. The number of halogens is 2. The lowest BCUT2D eigenvalue weighted by atomic mass is 10.0. The Morgan fingerprint density at radius 3 is 2.35 bits per heavy atom. The first-order valence-electron chi connectivity index (χ1n) is 8.36. The highest BCUT2D eigenvalue weighted by Gasteiger charge is 2.23. The summed E-state index contributed by atoms with van der Waals surface area (Å²) in [6.07, 6.45) is 2.89. The van der Waals surface area contributed by atoms with Crippen molar-refractivity contribution in [2.24, 2.45) is 7.05 Å². The molecule has 0 spiro atoms. The lowest BCUT2D eigenvalue weighted by Crippen LogP contribution is -2.44. The molecule has 0 saturated carbocycles. The molecule has 1 saturated heterocycles. The van der Waals surface area contributed by atoms with Crippen LogP contribution in [0.25, 0.3) is 0 Å². The zero-order valence-corrected chi connectivity index (χ0v) is 14.3. The minimum atomic E-state index is -0.624. The zero-order valence-electron chi connectivity index (χ0n) is 14.3. The average molecular weight is 362 g/mol. The molecule has 0 unspecified atom stereocenters. The van der Waals surface area contributed by atoms with E-state index in [-0.39, 0.29) is 17.6 Å². The number of carbonyl (C=O) groups is 1. The number of piperidine rings is 1. The standard InChI is InChI=1S/C18H20F2N4O2/c1-23-11-15(2-3-17(23)25)22-18(26)24-6-4-14(5-7-24)21-16-9-12(19)8-13(20)10-16/h2-3,8-11,14,21H,4-7H2,1H3,(H,22,26). The van der Waals surface area contributed by atoms with Crippen molar-refractivity contribution in [1.29, 1.82) is 0 Å². The molecule has 1 fully saturated rings. The molecule has 2 aromatic rings. The van der Waals surface area contributed by atoms with Crippen LogP contribution in [0.2, 0.25) is 0 Å². The Balaban J connectivity index is 1.53. The van der Waals surface area contributed by atoms with Gasteiger partial charge in [0.25, 0.3) is 0 Å². The summed E-state index contributed by atoms with van der Waals surface area (Å²) in [5, 5.41) is 5.88. The highest BCUT2D eigenvalue weighted by molar-refractivity contribution is 5.89. The zero-order chi connectivity index (χ0) is 18.7. The van der Waals surface area contributed by atoms with Crippen molar-refractivity contribution in [3.8, 4) is 0 Å². The Kier molecular flexibility index (Phi) is 5.20. The summed E-state index contributed by atoms with van der Waals surface area (Å²) in [5.74, 6) is -1.25. The van der Waals surface area contributed by atoms with E-state index in [4.69, 9.17) is 0 Å². The van der Waals surface area contributed by atoms with Gasteiger partial charge in [-0.2, -0.15) is 0 Å². The molecule has 1 aliphatic heterocycles. The second kappa shape index (κ2) is 7.55. The normalized spacial score (nSPS) is 15.0. The smallest absolute Gasteiger partial charge is 0.321 e. The Labute approximate surface area is 149 Å². The van der Waals surface area contributed by atoms with Crippen molar-refractivity contribution >= 4 is 17.4 Å². The highest BCUT2D eigenvalue weighted by atomic mass is 19.1. The number of anilines is 2. The van der Waals surface area contributed by atoms with Gasteiger partial charge >= 0.3 is 6.03 Å². The number of urea groups is 1. The number of amides is 2. The predicted octanol–water partition coefficient (Wildman–Crippen LogP) is 2.77. The molecule has 1 aromatic heterocycles. The largest absolute Gasteiger partial charge is 0.382 e. The van der Waals surface area contributed by atoms with Gasteiger partial charge in [-0.3, -0.25) is 4.79 Å². The van der Waals surface area contributed by atoms with Crippen molar-refractivity contribution < 1.29 is 13.6 Å². The molecule has 0 aliphatic carbocycles. The fraction of sp³-hybridized carbons (Fsp3) is 0.333. The van der Waals surface area contributed by atoms with Crippen LogP contribution in [0.4, 0.5) is 25.0 Å². The van der Waals surface area contributed by atoms with E-state index in [1.807, 2.05) is 0 Å². The van der Waals surface area contributed by atoms with Gasteiger partial charge in [0.05, 0.1) is 5.69 Å². The van der Waals surface area contributed by atoms with Crippen molar-refractivity contribution in [3.05, 3.63) is 58.5 Å². The SMILES string of the molecule is Cn1cc(NC(=O)N2CCC(Nc3cc(F)cc(F)c3)CC2)ccc1=O. The molecule has 1 aromatic carbocycles. The number of nitrogens with one attached hydrogen (secondary N) is 2. The third kappa shape index (κ3) is 4.38. The number of hydrogen-bond donors (Lipinski definition) is 2. The monoisotopic (exact) mass is 362 g/mol. The Hall–Kier alpha value is -2.90. The lowest BCUT2D eigenvalue weighted by Gasteiger charge is -2.33. The number of benzene rings is 1. The second-order valence-corrected chi connectivity index (χ2v) is 6.36. The minimum absolute atomic E-state index is 0.0396. The third-order valence-corrected chi connectivity index (χ3v) is 4.35. The minimum Gasteiger partial charge on any atom is -0.382 e. The van der Waals surface area contributed by atoms with Gasteiger partial charge in [0.2, 0.25) is 5.56 Å². The maximum absolute atomic E-state index is 13.2. The average Bonchev–Trinajstić information content (AvgIpc) is 2.58. The summed E-state index contributed by atoms with van der Waals surface area (Å²) in [5.41, 5.74) is 0.798. The van der Waals surface area contributed by atoms with Crippen LogP contribution in [-0.2, 0) is 7.05 Å². The number of hydrogen-bond acceptors (Lipinski definition) is 3. The molecule has 8 heteroatoms. The number of aryl methyl sites for hydroxylation is 1. The topological polar surface area (TPSA) is 66.4 Å². The quantitative estimate of drug-likeness (QED) is 0.882. The summed E-state index contributed by atoms with van der Waals surface area (Å²) in [6.45, 7) is 1.04. The van der Waals surface area contributed by atoms with Crippen LogP contribution < -0.4 is 16.2 Å². The van der Waals surface area contributed by atoms with E-state index < -0.39 is 11.6 Å². The van der Waals surface area contributed by atoms with Gasteiger partial charge in [-0.25, -0.2) is 13.6 Å². The Bertz CT molecular complexity index is 840. The molecule has 0 radical (unpaired) electrons. The van der Waals surface area contributed by atoms with Gasteiger partial charge in [0.1, 0.15) is 11.6 Å². The van der Waals surface area contributed by atoms with Crippen LogP contribution in [0.3, 0.4) is 0 Å². The van der Waals surface area contributed by atoms with Gasteiger partial charge in [-0.1, -0.05) is 0 Å². The molecule has 2 heterocycles. The van der Waals surface area contributed by atoms with E-state index >= 15 is 0 Å². The molecular formula is C18H20F2N4O2. The molecule has 3 rings (SSSR count). The van der Waals surface area contributed by atoms with Gasteiger partial charge in [0, 0.05) is 50.2 Å². The Morgan fingerprint density at radius 2 is 1.73 bits per heavy atom. The predicted molar refractivity (Wildman–Crippen MR) is 95.3 cm³/mol. The van der Waals surface area contributed by atoms with E-state index in [1.165, 1.54) is 22.8 Å². The number of pyridine rings is 1. The van der Waals surface area contributed by atoms with Gasteiger partial charge in [-0.15, -0.1) is 0 Å². The van der Waals surface area contributed by atoms with E-state index in [0.29, 0.717) is 37.3 Å². The van der Waals surface area contributed by atoms with E-state index in [0.717, 1.165) is 6.07 Å². The Morgan fingerprint density at radius 1 is 1.08 bits per heavy atom. The van der Waals surface area contributed by atoms with Crippen molar-refractivity contribution in [3.63, 3.8) is 0 Å². The third-order valence-electron chi connectivity index (χ3n) is 4.35. The van der Waals surface area contributed by atoms with Crippen LogP contribution in [0.5, 0.6) is 0 Å². The van der Waals surface area contributed by atoms with Crippen LogP contribution in [0.15, 0.2) is 41.3 Å². The first-order valence-corrected chi connectivity index (χ1v) is 8.36. The van der Waals surface area contributed by atoms with Crippen molar-refractivity contribution in [2.45, 2.75) is 18.9 Å². The molecule has 2 N–H and O–H groups in total. The fourth-order valence-electron chi connectivity index (χ4n) is 2.97. The van der Waals surface area contributed by atoms with E-state index in [2.05, 4.69) is 10.6 Å². The highest BCUT2D eigenvalue weighted by Crippen LogP contribution is 2.19. The molecule has 0 atom stereocenters. The van der Waals surface area contributed by atoms with Crippen LogP contribution in [-0.4, -0.2) is 34.6 Å². The lowest BCUT2D eigenvalue weighted by molar-refractivity contribution is 0.197. The molecule has 6 nitrogen and oxygen atoms in total. The maximum atomic E-state index is 13.2. The van der Waals surface area contributed by atoms with Crippen molar-refractivity contribution in [2.75, 3.05) is 23.7 Å². The number of rotatable bonds is 3.